The smallest absolute Gasteiger partial charge is 0.421 e. The Morgan fingerprint density at radius 3 is 2.65 bits per heavy atom. The molecule has 3 amide bonds. The zero-order chi connectivity index (χ0) is 22.6. The monoisotopic (exact) mass is 435 g/mol. The van der Waals surface area contributed by atoms with Gasteiger partial charge in [0.25, 0.3) is 5.91 Å². The highest BCUT2D eigenvalue weighted by atomic mass is 19.4. The molecule has 0 bridgehead atoms. The van der Waals surface area contributed by atoms with Crippen molar-refractivity contribution in [2.75, 3.05) is 26.0 Å². The lowest BCUT2D eigenvalue weighted by Gasteiger charge is -2.17. The minimum atomic E-state index is -4.69. The molecule has 3 rings (SSSR count). The van der Waals surface area contributed by atoms with Gasteiger partial charge in [0.2, 0.25) is 0 Å². The second-order valence-electron chi connectivity index (χ2n) is 6.53. The first-order chi connectivity index (χ1) is 14.7. The number of benzene rings is 2. The molecule has 0 aliphatic rings. The molecular weight excluding hydrogens is 415 g/mol. The van der Waals surface area contributed by atoms with E-state index in [2.05, 4.69) is 25.9 Å². The number of hydrogen-bond acceptors (Lipinski definition) is 4. The van der Waals surface area contributed by atoms with Crippen LogP contribution in [0.5, 0.6) is 5.75 Å². The van der Waals surface area contributed by atoms with E-state index in [0.717, 1.165) is 18.7 Å². The zero-order valence-electron chi connectivity index (χ0n) is 16.7. The Labute approximate surface area is 175 Å². The lowest BCUT2D eigenvalue weighted by molar-refractivity contribution is -0.138. The van der Waals surface area contributed by atoms with Crippen molar-refractivity contribution in [3.8, 4) is 5.75 Å². The molecule has 164 valence electrons. The molecule has 11 heteroatoms. The third kappa shape index (κ3) is 5.05. The van der Waals surface area contributed by atoms with Crippen molar-refractivity contribution in [1.29, 1.82) is 0 Å². The van der Waals surface area contributed by atoms with Gasteiger partial charge in [0.15, 0.2) is 5.82 Å². The molecule has 31 heavy (non-hydrogen) atoms. The maximum Gasteiger partial charge on any atom is 0.421 e. The van der Waals surface area contributed by atoms with E-state index in [9.17, 15) is 22.8 Å². The number of anilines is 1. The molecule has 0 aliphatic heterocycles. The van der Waals surface area contributed by atoms with Crippen LogP contribution in [0.25, 0.3) is 11.0 Å². The number of aromatic nitrogens is 2. The Kier molecular flexibility index (Phi) is 6.33. The number of carbonyl (C=O) groups is 2. The first kappa shape index (κ1) is 21.9. The summed E-state index contributed by atoms with van der Waals surface area (Å²) >= 11 is 0. The molecule has 0 atom stereocenters. The number of nitrogens with one attached hydrogen (secondary N) is 4. The minimum Gasteiger partial charge on any atom is -0.496 e. The molecule has 1 heterocycles. The molecule has 2 aromatic carbocycles. The summed E-state index contributed by atoms with van der Waals surface area (Å²) in [5, 5.41) is 7.22. The van der Waals surface area contributed by atoms with Crippen LogP contribution >= 0.6 is 0 Å². The van der Waals surface area contributed by atoms with Crippen molar-refractivity contribution < 1.29 is 27.5 Å². The second-order valence-corrected chi connectivity index (χ2v) is 6.53. The number of carbonyl (C=O) groups excluding carboxylic acids is 2. The standard InChI is InChI=1S/C20H20F3N5O3/c1-24-18(29)17-26-12-7-6-11(10-14(12)27-17)8-9-25-19(30)28-13-4-3-5-15(31-2)16(13)20(21,22)23/h3-7,10H,8-9H2,1-2H3,(H,24,29)(H,26,27)(H2,25,28,30). The zero-order valence-corrected chi connectivity index (χ0v) is 16.7. The van der Waals surface area contributed by atoms with Crippen LogP contribution in [0.3, 0.4) is 0 Å². The normalized spacial score (nSPS) is 11.3. The number of urea groups is 1. The Hall–Kier alpha value is -3.76. The fraction of sp³-hybridized carbons (Fsp3) is 0.250. The number of ether oxygens (including phenoxy) is 1. The predicted molar refractivity (Wildman–Crippen MR) is 108 cm³/mol. The predicted octanol–water partition coefficient (Wildman–Crippen LogP) is 3.31. The second kappa shape index (κ2) is 8.94. The number of alkyl halides is 3. The highest BCUT2D eigenvalue weighted by Crippen LogP contribution is 2.41. The summed E-state index contributed by atoms with van der Waals surface area (Å²) in [4.78, 5) is 30.9. The van der Waals surface area contributed by atoms with E-state index in [1.165, 1.54) is 19.2 Å². The molecule has 0 saturated heterocycles. The molecule has 0 spiro atoms. The van der Waals surface area contributed by atoms with Crippen LogP contribution in [0.1, 0.15) is 21.7 Å². The first-order valence-electron chi connectivity index (χ1n) is 9.22. The lowest BCUT2D eigenvalue weighted by Crippen LogP contribution is -2.31. The highest BCUT2D eigenvalue weighted by molar-refractivity contribution is 5.94. The van der Waals surface area contributed by atoms with Gasteiger partial charge in [0, 0.05) is 13.6 Å². The quantitative estimate of drug-likeness (QED) is 0.476. The van der Waals surface area contributed by atoms with Gasteiger partial charge in [-0.2, -0.15) is 13.2 Å². The van der Waals surface area contributed by atoms with Crippen molar-refractivity contribution in [3.05, 3.63) is 53.3 Å². The van der Waals surface area contributed by atoms with Crippen LogP contribution in [0.2, 0.25) is 0 Å². The third-order valence-corrected chi connectivity index (χ3v) is 4.47. The van der Waals surface area contributed by atoms with Gasteiger partial charge in [-0.25, -0.2) is 9.78 Å². The van der Waals surface area contributed by atoms with E-state index in [1.54, 1.807) is 18.2 Å². The van der Waals surface area contributed by atoms with Crippen LogP contribution in [0.4, 0.5) is 23.7 Å². The Bertz CT molecular complexity index is 1110. The Balaban J connectivity index is 1.63. The molecule has 0 unspecified atom stereocenters. The number of imidazole rings is 1. The molecule has 0 fully saturated rings. The molecule has 0 radical (unpaired) electrons. The van der Waals surface area contributed by atoms with E-state index in [0.29, 0.717) is 17.5 Å². The number of methoxy groups -OCH3 is 1. The average molecular weight is 435 g/mol. The van der Waals surface area contributed by atoms with E-state index < -0.39 is 23.5 Å². The lowest BCUT2D eigenvalue weighted by atomic mass is 10.1. The summed E-state index contributed by atoms with van der Waals surface area (Å²) in [6, 6.07) is 8.24. The number of hydrogen-bond donors (Lipinski definition) is 4. The van der Waals surface area contributed by atoms with Crippen LogP contribution in [0, 0.1) is 0 Å². The molecule has 0 aliphatic carbocycles. The summed E-state index contributed by atoms with van der Waals surface area (Å²) in [7, 11) is 2.63. The van der Waals surface area contributed by atoms with Crippen LogP contribution in [0.15, 0.2) is 36.4 Å². The summed E-state index contributed by atoms with van der Waals surface area (Å²) in [6.07, 6.45) is -4.28. The van der Waals surface area contributed by atoms with Crippen LogP contribution < -0.4 is 20.7 Å². The number of aromatic amines is 1. The van der Waals surface area contributed by atoms with Gasteiger partial charge >= 0.3 is 12.2 Å². The Morgan fingerprint density at radius 1 is 1.19 bits per heavy atom. The van der Waals surface area contributed by atoms with Gasteiger partial charge in [0.1, 0.15) is 11.3 Å². The Morgan fingerprint density at radius 2 is 1.97 bits per heavy atom. The van der Waals surface area contributed by atoms with E-state index in [4.69, 9.17) is 4.74 Å². The van der Waals surface area contributed by atoms with Crippen LogP contribution in [-0.4, -0.2) is 42.6 Å². The van der Waals surface area contributed by atoms with Gasteiger partial charge in [-0.05, 0) is 36.2 Å². The maximum atomic E-state index is 13.3. The number of halogens is 3. The SMILES string of the molecule is CNC(=O)c1nc2cc(CCNC(=O)Nc3cccc(OC)c3C(F)(F)F)ccc2[nH]1. The largest absolute Gasteiger partial charge is 0.496 e. The summed E-state index contributed by atoms with van der Waals surface area (Å²) in [6.45, 7) is 0.176. The van der Waals surface area contributed by atoms with E-state index >= 15 is 0 Å². The van der Waals surface area contributed by atoms with E-state index in [-0.39, 0.29) is 24.0 Å². The number of amides is 3. The van der Waals surface area contributed by atoms with Crippen LogP contribution in [-0.2, 0) is 12.6 Å². The minimum absolute atomic E-state index is 0.176. The number of fused-ring (bicyclic) bond motifs is 1. The summed E-state index contributed by atoms with van der Waals surface area (Å²) < 4.78 is 44.8. The molecule has 8 nitrogen and oxygen atoms in total. The van der Waals surface area contributed by atoms with Crippen molar-refractivity contribution in [2.24, 2.45) is 0 Å². The molecule has 3 aromatic rings. The van der Waals surface area contributed by atoms with Gasteiger partial charge in [0.05, 0.1) is 23.8 Å². The third-order valence-electron chi connectivity index (χ3n) is 4.47. The maximum absolute atomic E-state index is 13.3. The fourth-order valence-corrected chi connectivity index (χ4v) is 3.02. The fourth-order valence-electron chi connectivity index (χ4n) is 3.02. The number of nitrogens with zero attached hydrogens (tertiary/aromatic N) is 1. The summed E-state index contributed by atoms with van der Waals surface area (Å²) in [5.74, 6) is -0.536. The van der Waals surface area contributed by atoms with Crippen molar-refractivity contribution >= 4 is 28.7 Å². The summed E-state index contributed by atoms with van der Waals surface area (Å²) in [5.41, 5.74) is 0.658. The number of rotatable bonds is 6. The van der Waals surface area contributed by atoms with Crippen molar-refractivity contribution in [2.45, 2.75) is 12.6 Å². The van der Waals surface area contributed by atoms with Crippen molar-refractivity contribution in [3.63, 3.8) is 0 Å². The molecule has 4 N–H and O–H groups in total. The molecular formula is C20H20F3N5O3. The van der Waals surface area contributed by atoms with Gasteiger partial charge in [-0.3, -0.25) is 4.79 Å². The molecule has 0 saturated carbocycles. The number of H-pyrrole nitrogens is 1. The van der Waals surface area contributed by atoms with Gasteiger partial charge < -0.3 is 25.7 Å². The van der Waals surface area contributed by atoms with Gasteiger partial charge in [-0.1, -0.05) is 12.1 Å². The van der Waals surface area contributed by atoms with Gasteiger partial charge in [-0.15, -0.1) is 0 Å². The van der Waals surface area contributed by atoms with Crippen molar-refractivity contribution in [1.82, 2.24) is 20.6 Å². The topological polar surface area (TPSA) is 108 Å². The highest BCUT2D eigenvalue weighted by Gasteiger charge is 2.37. The van der Waals surface area contributed by atoms with E-state index in [1.807, 2.05) is 0 Å². The molecule has 1 aromatic heterocycles. The first-order valence-corrected chi connectivity index (χ1v) is 9.22. The average Bonchev–Trinajstić information content (AvgIpc) is 3.15.